The van der Waals surface area contributed by atoms with Crippen LogP contribution >= 0.6 is 22.7 Å². The van der Waals surface area contributed by atoms with Gasteiger partial charge in [0.05, 0.1) is 22.0 Å². The molecule has 0 bridgehead atoms. The molecule has 166 valence electrons. The number of nitrogens with one attached hydrogen (secondary N) is 1. The molecule has 0 aliphatic carbocycles. The van der Waals surface area contributed by atoms with Crippen molar-refractivity contribution in [2.75, 3.05) is 5.32 Å². The highest BCUT2D eigenvalue weighted by molar-refractivity contribution is 7.10. The minimum Gasteiger partial charge on any atom is -0.322 e. The van der Waals surface area contributed by atoms with Crippen LogP contribution in [0.2, 0.25) is 0 Å². The van der Waals surface area contributed by atoms with Gasteiger partial charge in [-0.05, 0) is 43.0 Å². The molecule has 4 heterocycles. The number of nitrogens with zero attached hydrogens (tertiary/aromatic N) is 4. The van der Waals surface area contributed by atoms with Crippen LogP contribution in [0.1, 0.15) is 29.0 Å². The summed E-state index contributed by atoms with van der Waals surface area (Å²) in [6, 6.07) is 11.0. The van der Waals surface area contributed by atoms with Crippen LogP contribution in [0.25, 0.3) is 6.08 Å². The van der Waals surface area contributed by atoms with E-state index in [1.54, 1.807) is 15.4 Å². The van der Waals surface area contributed by atoms with Gasteiger partial charge in [0.1, 0.15) is 6.04 Å². The third kappa shape index (κ3) is 3.90. The predicted octanol–water partition coefficient (Wildman–Crippen LogP) is 2.98. The van der Waals surface area contributed by atoms with Gasteiger partial charge in [-0.2, -0.15) is 5.10 Å². The first-order valence-corrected chi connectivity index (χ1v) is 12.0. The maximum Gasteiger partial charge on any atom is 0.271 e. The second-order valence-corrected chi connectivity index (χ2v) is 9.80. The van der Waals surface area contributed by atoms with Crippen LogP contribution in [0.15, 0.2) is 75.2 Å². The largest absolute Gasteiger partial charge is 0.322 e. The van der Waals surface area contributed by atoms with E-state index in [4.69, 9.17) is 0 Å². The number of carbonyl (C=O) groups is 1. The van der Waals surface area contributed by atoms with Crippen molar-refractivity contribution in [2.45, 2.75) is 19.9 Å². The minimum absolute atomic E-state index is 0.172. The molecule has 33 heavy (non-hydrogen) atoms. The lowest BCUT2D eigenvalue weighted by atomic mass is 10.0. The molecular weight excluding hydrogens is 454 g/mol. The minimum atomic E-state index is -0.540. The summed E-state index contributed by atoms with van der Waals surface area (Å²) in [6.45, 7) is 3.77. The second-order valence-electron chi connectivity index (χ2n) is 7.81. The van der Waals surface area contributed by atoms with Crippen molar-refractivity contribution in [3.05, 3.63) is 101 Å². The molecule has 1 N–H and O–H groups in total. The summed E-state index contributed by atoms with van der Waals surface area (Å²) in [5.41, 5.74) is 3.45. The SMILES string of the molecule is CC1=C(C(=O)Nc2ccccc2C)C(c2cccs2)n2c(sc(=Cc3cnn(C)c3)c2=O)=N1. The topological polar surface area (TPSA) is 81.3 Å². The van der Waals surface area contributed by atoms with Crippen LogP contribution in [-0.4, -0.2) is 20.3 Å². The van der Waals surface area contributed by atoms with Gasteiger partial charge in [-0.25, -0.2) is 4.99 Å². The van der Waals surface area contributed by atoms with Gasteiger partial charge < -0.3 is 5.32 Å². The van der Waals surface area contributed by atoms with Crippen LogP contribution in [0.4, 0.5) is 5.69 Å². The number of hydrogen-bond donors (Lipinski definition) is 1. The molecule has 0 fully saturated rings. The fourth-order valence-electron chi connectivity index (χ4n) is 3.90. The molecule has 0 saturated carbocycles. The highest BCUT2D eigenvalue weighted by Crippen LogP contribution is 2.33. The van der Waals surface area contributed by atoms with Crippen molar-refractivity contribution in [3.63, 3.8) is 0 Å². The lowest BCUT2D eigenvalue weighted by molar-refractivity contribution is -0.113. The van der Waals surface area contributed by atoms with Gasteiger partial charge in [0.15, 0.2) is 4.80 Å². The Labute approximate surface area is 197 Å². The lowest BCUT2D eigenvalue weighted by Gasteiger charge is -2.24. The van der Waals surface area contributed by atoms with E-state index in [1.165, 1.54) is 22.7 Å². The van der Waals surface area contributed by atoms with Gasteiger partial charge in [-0.15, -0.1) is 11.3 Å². The molecule has 1 aliphatic rings. The third-order valence-corrected chi connectivity index (χ3v) is 7.40. The quantitative estimate of drug-likeness (QED) is 0.493. The molecule has 7 nitrogen and oxygen atoms in total. The van der Waals surface area contributed by atoms with Crippen molar-refractivity contribution in [2.24, 2.45) is 12.0 Å². The standard InChI is InChI=1S/C24H21N5O2S2/c1-14-7-4-5-8-17(14)27-22(30)20-15(2)26-24-29(21(20)18-9-6-10-32-18)23(31)19(33-24)11-16-12-25-28(3)13-16/h4-13,21H,1-3H3,(H,27,30). The average Bonchev–Trinajstić information content (AvgIpc) is 3.51. The second kappa shape index (κ2) is 8.42. The Balaban J connectivity index is 1.65. The fourth-order valence-corrected chi connectivity index (χ4v) is 5.77. The van der Waals surface area contributed by atoms with E-state index in [1.807, 2.05) is 74.9 Å². The first kappa shape index (κ1) is 21.3. The van der Waals surface area contributed by atoms with Crippen LogP contribution in [0.5, 0.6) is 0 Å². The van der Waals surface area contributed by atoms with Crippen LogP contribution in [0, 0.1) is 6.92 Å². The van der Waals surface area contributed by atoms with Gasteiger partial charge in [0.2, 0.25) is 0 Å². The normalized spacial score (nSPS) is 16.0. The Morgan fingerprint density at radius 2 is 2.00 bits per heavy atom. The molecule has 9 heteroatoms. The predicted molar refractivity (Wildman–Crippen MR) is 131 cm³/mol. The number of hydrogen-bond acceptors (Lipinski definition) is 6. The summed E-state index contributed by atoms with van der Waals surface area (Å²) >= 11 is 2.84. The number of fused-ring (bicyclic) bond motifs is 1. The zero-order valence-electron chi connectivity index (χ0n) is 18.3. The average molecular weight is 476 g/mol. The molecule has 5 rings (SSSR count). The molecule has 1 unspecified atom stereocenters. The number of carbonyl (C=O) groups excluding carboxylic acids is 1. The number of thiophene rings is 1. The summed E-state index contributed by atoms with van der Waals surface area (Å²) in [5, 5.41) is 9.14. The molecule has 3 aromatic heterocycles. The van der Waals surface area contributed by atoms with Gasteiger partial charge in [-0.3, -0.25) is 18.8 Å². The summed E-state index contributed by atoms with van der Waals surface area (Å²) < 4.78 is 3.88. The molecule has 1 aromatic carbocycles. The molecule has 0 radical (unpaired) electrons. The third-order valence-electron chi connectivity index (χ3n) is 5.49. The number of thiazole rings is 1. The molecule has 1 aliphatic heterocycles. The molecule has 4 aromatic rings. The van der Waals surface area contributed by atoms with Crippen LogP contribution < -0.4 is 20.2 Å². The number of amides is 1. The van der Waals surface area contributed by atoms with E-state index in [9.17, 15) is 9.59 Å². The van der Waals surface area contributed by atoms with E-state index < -0.39 is 6.04 Å². The Bertz CT molecular complexity index is 1570. The number of anilines is 1. The summed E-state index contributed by atoms with van der Waals surface area (Å²) in [7, 11) is 1.83. The van der Waals surface area contributed by atoms with E-state index in [2.05, 4.69) is 15.4 Å². The van der Waals surface area contributed by atoms with Crippen molar-refractivity contribution < 1.29 is 4.79 Å². The Hall–Kier alpha value is -3.56. The first-order chi connectivity index (χ1) is 15.9. The molecule has 0 spiro atoms. The Morgan fingerprint density at radius 1 is 1.18 bits per heavy atom. The number of rotatable bonds is 4. The zero-order valence-corrected chi connectivity index (χ0v) is 19.9. The number of aromatic nitrogens is 3. The molecule has 1 atom stereocenters. The maximum atomic E-state index is 13.5. The van der Waals surface area contributed by atoms with Crippen LogP contribution in [0.3, 0.4) is 0 Å². The van der Waals surface area contributed by atoms with Crippen molar-refractivity contribution in [1.29, 1.82) is 0 Å². The number of aryl methyl sites for hydroxylation is 2. The van der Waals surface area contributed by atoms with E-state index >= 15 is 0 Å². The van der Waals surface area contributed by atoms with Crippen LogP contribution in [-0.2, 0) is 11.8 Å². The van der Waals surface area contributed by atoms with E-state index in [-0.39, 0.29) is 11.5 Å². The smallest absolute Gasteiger partial charge is 0.271 e. The van der Waals surface area contributed by atoms with E-state index in [0.29, 0.717) is 20.6 Å². The highest BCUT2D eigenvalue weighted by atomic mass is 32.1. The zero-order chi connectivity index (χ0) is 23.1. The fraction of sp³-hybridized carbons (Fsp3) is 0.167. The molecule has 0 saturated heterocycles. The molecular formula is C24H21N5O2S2. The molecule has 1 amide bonds. The van der Waals surface area contributed by atoms with Gasteiger partial charge in [0.25, 0.3) is 11.5 Å². The van der Waals surface area contributed by atoms with Crippen molar-refractivity contribution in [1.82, 2.24) is 14.3 Å². The monoisotopic (exact) mass is 475 g/mol. The van der Waals surface area contributed by atoms with Gasteiger partial charge >= 0.3 is 0 Å². The summed E-state index contributed by atoms with van der Waals surface area (Å²) in [6.07, 6.45) is 5.37. The number of benzene rings is 1. The van der Waals surface area contributed by atoms with Gasteiger partial charge in [-0.1, -0.05) is 35.6 Å². The van der Waals surface area contributed by atoms with Gasteiger partial charge in [0, 0.05) is 29.4 Å². The number of para-hydroxylation sites is 1. The Kier molecular flexibility index (Phi) is 5.43. The summed E-state index contributed by atoms with van der Waals surface area (Å²) in [5.74, 6) is -0.259. The van der Waals surface area contributed by atoms with Crippen molar-refractivity contribution >= 4 is 40.3 Å². The highest BCUT2D eigenvalue weighted by Gasteiger charge is 2.33. The lowest BCUT2D eigenvalue weighted by Crippen LogP contribution is -2.40. The number of allylic oxidation sites excluding steroid dienone is 1. The Morgan fingerprint density at radius 3 is 2.70 bits per heavy atom. The summed E-state index contributed by atoms with van der Waals surface area (Å²) in [4.78, 5) is 33.2. The first-order valence-electron chi connectivity index (χ1n) is 10.3. The maximum absolute atomic E-state index is 13.5. The van der Waals surface area contributed by atoms with Crippen molar-refractivity contribution in [3.8, 4) is 0 Å². The van der Waals surface area contributed by atoms with E-state index in [0.717, 1.165) is 21.7 Å².